The van der Waals surface area contributed by atoms with Crippen molar-refractivity contribution in [3.8, 4) is 0 Å². The number of halogens is 1. The topological polar surface area (TPSA) is 69.6 Å². The Balaban J connectivity index is 1.90. The van der Waals surface area contributed by atoms with Crippen LogP contribution in [0.5, 0.6) is 0 Å². The fourth-order valence-electron chi connectivity index (χ4n) is 1.97. The van der Waals surface area contributed by atoms with Crippen molar-refractivity contribution in [2.24, 2.45) is 0 Å². The molecule has 3 aromatic rings. The van der Waals surface area contributed by atoms with Crippen molar-refractivity contribution >= 4 is 44.4 Å². The van der Waals surface area contributed by atoms with Crippen molar-refractivity contribution in [1.29, 1.82) is 0 Å². The van der Waals surface area contributed by atoms with Crippen LogP contribution in [0.3, 0.4) is 0 Å². The van der Waals surface area contributed by atoms with E-state index in [-0.39, 0.29) is 0 Å². The van der Waals surface area contributed by atoms with Gasteiger partial charge in [-0.2, -0.15) is 0 Å². The number of aromatic nitrogens is 4. The van der Waals surface area contributed by atoms with E-state index in [1.54, 1.807) is 17.5 Å². The first kappa shape index (κ1) is 12.6. The molecule has 0 aromatic carbocycles. The van der Waals surface area contributed by atoms with E-state index in [2.05, 4.69) is 36.3 Å². The third-order valence-corrected chi connectivity index (χ3v) is 4.10. The predicted octanol–water partition coefficient (Wildman–Crippen LogP) is 2.78. The number of fused-ring (bicyclic) bond motifs is 1. The summed E-state index contributed by atoms with van der Waals surface area (Å²) in [5, 5.41) is 3.16. The van der Waals surface area contributed by atoms with Crippen molar-refractivity contribution in [2.75, 3.05) is 5.73 Å². The molecule has 0 saturated heterocycles. The number of hydrogen-bond acceptors (Lipinski definition) is 5. The summed E-state index contributed by atoms with van der Waals surface area (Å²) in [5.41, 5.74) is 8.66. The number of hydrogen-bond donors (Lipinski definition) is 1. The number of nitrogens with zero attached hydrogens (tertiary/aromatic N) is 4. The Morgan fingerprint density at radius 2 is 2.26 bits per heavy atom. The van der Waals surface area contributed by atoms with E-state index in [4.69, 9.17) is 5.73 Å². The van der Waals surface area contributed by atoms with E-state index in [0.717, 1.165) is 39.3 Å². The first-order chi connectivity index (χ1) is 9.13. The van der Waals surface area contributed by atoms with Crippen LogP contribution in [0.4, 0.5) is 5.95 Å². The number of pyridine rings is 1. The Morgan fingerprint density at radius 1 is 1.42 bits per heavy atom. The van der Waals surface area contributed by atoms with Gasteiger partial charge in [0.25, 0.3) is 0 Å². The van der Waals surface area contributed by atoms with E-state index in [0.29, 0.717) is 5.95 Å². The van der Waals surface area contributed by atoms with Crippen molar-refractivity contribution in [3.63, 3.8) is 0 Å². The van der Waals surface area contributed by atoms with E-state index in [9.17, 15) is 0 Å². The first-order valence-corrected chi connectivity index (χ1v) is 7.49. The van der Waals surface area contributed by atoms with Crippen LogP contribution in [0.1, 0.15) is 10.7 Å². The van der Waals surface area contributed by atoms with Crippen LogP contribution < -0.4 is 5.73 Å². The molecule has 0 fully saturated rings. The third kappa shape index (κ3) is 2.48. The lowest BCUT2D eigenvalue weighted by Crippen LogP contribution is -2.06. The predicted molar refractivity (Wildman–Crippen MR) is 80.2 cm³/mol. The summed E-state index contributed by atoms with van der Waals surface area (Å²) in [6.07, 6.45) is 2.59. The van der Waals surface area contributed by atoms with E-state index in [1.807, 2.05) is 17.6 Å². The molecule has 3 rings (SSSR count). The smallest absolute Gasteiger partial charge is 0.202 e. The molecule has 0 unspecified atom stereocenters. The SMILES string of the molecule is Cc1nc(CCn2c(N)nc3cc(Br)cnc32)cs1. The number of imidazole rings is 1. The molecule has 3 aromatic heterocycles. The van der Waals surface area contributed by atoms with Crippen molar-refractivity contribution < 1.29 is 0 Å². The fraction of sp³-hybridized carbons (Fsp3) is 0.250. The molecule has 5 nitrogen and oxygen atoms in total. The van der Waals surface area contributed by atoms with Gasteiger partial charge in [0.15, 0.2) is 5.65 Å². The summed E-state index contributed by atoms with van der Waals surface area (Å²) >= 11 is 5.05. The molecule has 0 aliphatic carbocycles. The maximum atomic E-state index is 5.95. The fourth-order valence-corrected chi connectivity index (χ4v) is 2.94. The Bertz CT molecular complexity index is 733. The molecule has 0 saturated carbocycles. The first-order valence-electron chi connectivity index (χ1n) is 5.82. The number of aryl methyl sites for hydroxylation is 3. The van der Waals surface area contributed by atoms with E-state index in [1.165, 1.54) is 0 Å². The average molecular weight is 338 g/mol. The summed E-state index contributed by atoms with van der Waals surface area (Å²) in [4.78, 5) is 13.1. The minimum atomic E-state index is 0.493. The van der Waals surface area contributed by atoms with Crippen LogP contribution >= 0.6 is 27.3 Å². The van der Waals surface area contributed by atoms with E-state index >= 15 is 0 Å². The minimum Gasteiger partial charge on any atom is -0.369 e. The van der Waals surface area contributed by atoms with Crippen LogP contribution in [0.15, 0.2) is 22.1 Å². The second-order valence-corrected chi connectivity index (χ2v) is 6.20. The zero-order chi connectivity index (χ0) is 13.4. The lowest BCUT2D eigenvalue weighted by atomic mass is 10.3. The summed E-state index contributed by atoms with van der Waals surface area (Å²) < 4.78 is 2.83. The van der Waals surface area contributed by atoms with Gasteiger partial charge < -0.3 is 5.73 Å². The molecule has 19 heavy (non-hydrogen) atoms. The standard InChI is InChI=1S/C12H12BrN5S/c1-7-16-9(6-19-7)2-3-18-11-10(17-12(18)14)4-8(13)5-15-11/h4-6H,2-3H2,1H3,(H2,14,17). The molecule has 3 heterocycles. The molecular weight excluding hydrogens is 326 g/mol. The quantitative estimate of drug-likeness (QED) is 0.797. The van der Waals surface area contributed by atoms with Gasteiger partial charge in [0.2, 0.25) is 5.95 Å². The second-order valence-electron chi connectivity index (χ2n) is 4.23. The third-order valence-electron chi connectivity index (χ3n) is 2.84. The zero-order valence-electron chi connectivity index (χ0n) is 10.3. The van der Waals surface area contributed by atoms with Gasteiger partial charge in [-0.25, -0.2) is 15.0 Å². The second kappa shape index (κ2) is 4.90. The summed E-state index contributed by atoms with van der Waals surface area (Å²) in [5.74, 6) is 0.493. The van der Waals surface area contributed by atoms with Crippen LogP contribution in [0.25, 0.3) is 11.2 Å². The number of nitrogen functional groups attached to an aromatic ring is 1. The van der Waals surface area contributed by atoms with Crippen LogP contribution in [-0.4, -0.2) is 19.5 Å². The highest BCUT2D eigenvalue weighted by Crippen LogP contribution is 2.20. The molecule has 2 N–H and O–H groups in total. The monoisotopic (exact) mass is 337 g/mol. The van der Waals surface area contributed by atoms with Crippen LogP contribution in [-0.2, 0) is 13.0 Å². The maximum Gasteiger partial charge on any atom is 0.202 e. The normalized spacial score (nSPS) is 11.3. The van der Waals surface area contributed by atoms with E-state index < -0.39 is 0 Å². The highest BCUT2D eigenvalue weighted by molar-refractivity contribution is 9.10. The highest BCUT2D eigenvalue weighted by Gasteiger charge is 2.10. The molecule has 0 spiro atoms. The molecule has 0 amide bonds. The Labute approximate surface area is 122 Å². The molecule has 7 heteroatoms. The Morgan fingerprint density at radius 3 is 3.00 bits per heavy atom. The molecule has 0 atom stereocenters. The summed E-state index contributed by atoms with van der Waals surface area (Å²) in [7, 11) is 0. The maximum absolute atomic E-state index is 5.95. The number of rotatable bonds is 3. The van der Waals surface area contributed by atoms with Gasteiger partial charge in [0, 0.05) is 29.0 Å². The van der Waals surface area contributed by atoms with Crippen molar-refractivity contribution in [1.82, 2.24) is 19.5 Å². The molecule has 0 radical (unpaired) electrons. The van der Waals surface area contributed by atoms with Gasteiger partial charge in [0.1, 0.15) is 5.52 Å². The van der Waals surface area contributed by atoms with Crippen LogP contribution in [0.2, 0.25) is 0 Å². The summed E-state index contributed by atoms with van der Waals surface area (Å²) in [6, 6.07) is 1.92. The largest absolute Gasteiger partial charge is 0.369 e. The lowest BCUT2D eigenvalue weighted by molar-refractivity contribution is 0.709. The number of anilines is 1. The van der Waals surface area contributed by atoms with Crippen LogP contribution in [0, 0.1) is 6.92 Å². The summed E-state index contributed by atoms with van der Waals surface area (Å²) in [6.45, 7) is 2.74. The average Bonchev–Trinajstić information content (AvgIpc) is 2.89. The van der Waals surface area contributed by atoms with Gasteiger partial charge in [-0.1, -0.05) is 0 Å². The minimum absolute atomic E-state index is 0.493. The van der Waals surface area contributed by atoms with Gasteiger partial charge in [0.05, 0.1) is 10.7 Å². The molecule has 98 valence electrons. The molecular formula is C12H12BrN5S. The highest BCUT2D eigenvalue weighted by atomic mass is 79.9. The molecule has 0 aliphatic rings. The zero-order valence-corrected chi connectivity index (χ0v) is 12.7. The van der Waals surface area contributed by atoms with Gasteiger partial charge in [-0.3, -0.25) is 4.57 Å². The van der Waals surface area contributed by atoms with Crippen molar-refractivity contribution in [2.45, 2.75) is 19.9 Å². The van der Waals surface area contributed by atoms with Crippen molar-refractivity contribution in [3.05, 3.63) is 32.8 Å². The van der Waals surface area contributed by atoms with Gasteiger partial charge in [-0.05, 0) is 28.9 Å². The molecule has 0 aliphatic heterocycles. The lowest BCUT2D eigenvalue weighted by Gasteiger charge is -2.04. The number of thiazole rings is 1. The number of nitrogens with two attached hydrogens (primary N) is 1. The Hall–Kier alpha value is -1.47. The molecule has 0 bridgehead atoms. The van der Waals surface area contributed by atoms with Gasteiger partial charge in [-0.15, -0.1) is 11.3 Å². The van der Waals surface area contributed by atoms with Gasteiger partial charge >= 0.3 is 0 Å². The Kier molecular flexibility index (Phi) is 3.24.